The first-order valence-corrected chi connectivity index (χ1v) is 9.01. The summed E-state index contributed by atoms with van der Waals surface area (Å²) in [6, 6.07) is 8.26. The van der Waals surface area contributed by atoms with E-state index < -0.39 is 0 Å². The molecule has 2 aliphatic heterocycles. The van der Waals surface area contributed by atoms with Crippen molar-refractivity contribution in [3.8, 4) is 0 Å². The van der Waals surface area contributed by atoms with Crippen molar-refractivity contribution in [2.24, 2.45) is 0 Å². The van der Waals surface area contributed by atoms with Crippen LogP contribution >= 0.6 is 0 Å². The highest BCUT2D eigenvalue weighted by atomic mass is 16.2. The molecule has 0 spiro atoms. The average Bonchev–Trinajstić information content (AvgIpc) is 2.84. The number of benzene rings is 1. The van der Waals surface area contributed by atoms with Crippen LogP contribution in [0.4, 0.5) is 0 Å². The zero-order valence-electron chi connectivity index (χ0n) is 14.3. The van der Waals surface area contributed by atoms with Crippen molar-refractivity contribution in [1.82, 2.24) is 14.7 Å². The van der Waals surface area contributed by atoms with E-state index in [0.29, 0.717) is 0 Å². The van der Waals surface area contributed by atoms with Crippen molar-refractivity contribution in [3.63, 3.8) is 0 Å². The van der Waals surface area contributed by atoms with Gasteiger partial charge in [0.25, 0.3) is 5.91 Å². The topological polar surface area (TPSA) is 26.8 Å². The fourth-order valence-corrected chi connectivity index (χ4v) is 3.55. The van der Waals surface area contributed by atoms with Gasteiger partial charge in [0, 0.05) is 38.3 Å². The summed E-state index contributed by atoms with van der Waals surface area (Å²) in [5, 5.41) is 0. The van der Waals surface area contributed by atoms with Crippen molar-refractivity contribution in [2.75, 3.05) is 46.3 Å². The molecule has 2 fully saturated rings. The summed E-state index contributed by atoms with van der Waals surface area (Å²) in [4.78, 5) is 19.5. The fourth-order valence-electron chi connectivity index (χ4n) is 3.55. The number of carbonyl (C=O) groups excluding carboxylic acids is 1. The summed E-state index contributed by atoms with van der Waals surface area (Å²) in [5.41, 5.74) is 2.12. The molecule has 0 aliphatic carbocycles. The molecule has 23 heavy (non-hydrogen) atoms. The van der Waals surface area contributed by atoms with Gasteiger partial charge in [-0.25, -0.2) is 0 Å². The molecular formula is C19H29N3O. The quantitative estimate of drug-likeness (QED) is 0.857. The van der Waals surface area contributed by atoms with E-state index in [9.17, 15) is 4.79 Å². The third kappa shape index (κ3) is 4.55. The third-order valence-electron chi connectivity index (χ3n) is 5.07. The molecule has 0 bridgehead atoms. The van der Waals surface area contributed by atoms with Crippen LogP contribution in [0.5, 0.6) is 0 Å². The molecule has 2 saturated heterocycles. The molecule has 0 saturated carbocycles. The Labute approximate surface area is 140 Å². The third-order valence-corrected chi connectivity index (χ3v) is 5.07. The molecule has 4 heteroatoms. The lowest BCUT2D eigenvalue weighted by Gasteiger charge is -2.32. The molecule has 0 radical (unpaired) electrons. The largest absolute Gasteiger partial charge is 0.336 e. The van der Waals surface area contributed by atoms with Crippen LogP contribution in [-0.4, -0.2) is 66.9 Å². The van der Waals surface area contributed by atoms with E-state index in [2.05, 4.69) is 29.0 Å². The van der Waals surface area contributed by atoms with Gasteiger partial charge in [0.2, 0.25) is 0 Å². The van der Waals surface area contributed by atoms with E-state index in [1.54, 1.807) is 0 Å². The number of carbonyl (C=O) groups is 1. The van der Waals surface area contributed by atoms with Crippen LogP contribution < -0.4 is 0 Å². The first-order chi connectivity index (χ1) is 11.2. The van der Waals surface area contributed by atoms with Gasteiger partial charge >= 0.3 is 0 Å². The number of likely N-dealkylation sites (tertiary alicyclic amines) is 1. The Morgan fingerprint density at radius 1 is 0.957 bits per heavy atom. The van der Waals surface area contributed by atoms with Crippen LogP contribution in [0.1, 0.15) is 41.6 Å². The van der Waals surface area contributed by atoms with E-state index in [-0.39, 0.29) is 5.91 Å². The van der Waals surface area contributed by atoms with Gasteiger partial charge in [-0.15, -0.1) is 0 Å². The lowest BCUT2D eigenvalue weighted by Crippen LogP contribution is -2.47. The lowest BCUT2D eigenvalue weighted by molar-refractivity contribution is 0.0664. The maximum atomic E-state index is 12.7. The molecule has 0 unspecified atom stereocenters. The van der Waals surface area contributed by atoms with Crippen LogP contribution in [0, 0.1) is 0 Å². The van der Waals surface area contributed by atoms with E-state index >= 15 is 0 Å². The predicted octanol–water partition coefficient (Wildman–Crippen LogP) is 2.45. The monoisotopic (exact) mass is 315 g/mol. The summed E-state index contributed by atoms with van der Waals surface area (Å²) in [6.45, 7) is 6.98. The molecule has 126 valence electrons. The zero-order chi connectivity index (χ0) is 16.1. The van der Waals surface area contributed by atoms with Crippen molar-refractivity contribution in [1.29, 1.82) is 0 Å². The molecule has 2 heterocycles. The molecule has 2 aliphatic rings. The van der Waals surface area contributed by atoms with Crippen LogP contribution in [-0.2, 0) is 6.54 Å². The van der Waals surface area contributed by atoms with Gasteiger partial charge in [0.15, 0.2) is 0 Å². The Balaban J connectivity index is 1.63. The van der Waals surface area contributed by atoms with E-state index in [0.717, 1.165) is 38.3 Å². The van der Waals surface area contributed by atoms with Crippen molar-refractivity contribution >= 4 is 5.91 Å². The number of hydrogen-bond donors (Lipinski definition) is 0. The second-order valence-electron chi connectivity index (χ2n) is 6.99. The van der Waals surface area contributed by atoms with Gasteiger partial charge in [-0.1, -0.05) is 25.0 Å². The SMILES string of the molecule is CN1CCN(C(=O)c2cccc(CN3CCCCCC3)c2)CC1. The van der Waals surface area contributed by atoms with Crippen molar-refractivity contribution < 1.29 is 4.79 Å². The van der Waals surface area contributed by atoms with E-state index in [1.807, 2.05) is 17.0 Å². The lowest BCUT2D eigenvalue weighted by atomic mass is 10.1. The Bertz CT molecular complexity index is 515. The normalized spacial score (nSPS) is 21.2. The van der Waals surface area contributed by atoms with Gasteiger partial charge in [0.1, 0.15) is 0 Å². The summed E-state index contributed by atoms with van der Waals surface area (Å²) in [6.07, 6.45) is 5.33. The molecule has 3 rings (SSSR count). The van der Waals surface area contributed by atoms with Crippen molar-refractivity contribution in [3.05, 3.63) is 35.4 Å². The average molecular weight is 315 g/mol. The smallest absolute Gasteiger partial charge is 0.253 e. The second-order valence-corrected chi connectivity index (χ2v) is 6.99. The number of likely N-dealkylation sites (N-methyl/N-ethyl adjacent to an activating group) is 1. The second kappa shape index (κ2) is 7.93. The Morgan fingerprint density at radius 3 is 2.35 bits per heavy atom. The standard InChI is InChI=1S/C19H29N3O/c1-20-11-13-22(14-12-20)19(23)18-8-6-7-17(15-18)16-21-9-4-2-3-5-10-21/h6-8,15H,2-5,9-14,16H2,1H3. The van der Waals surface area contributed by atoms with Crippen LogP contribution in [0.15, 0.2) is 24.3 Å². The highest BCUT2D eigenvalue weighted by molar-refractivity contribution is 5.94. The molecule has 0 aromatic heterocycles. The van der Waals surface area contributed by atoms with Gasteiger partial charge in [0.05, 0.1) is 0 Å². The molecule has 1 amide bonds. The number of rotatable bonds is 3. The number of piperazine rings is 1. The first kappa shape index (κ1) is 16.5. The number of hydrogen-bond acceptors (Lipinski definition) is 3. The Kier molecular flexibility index (Phi) is 5.68. The molecule has 0 N–H and O–H groups in total. The van der Waals surface area contributed by atoms with Gasteiger partial charge in [-0.05, 0) is 50.7 Å². The summed E-state index contributed by atoms with van der Waals surface area (Å²) in [5.74, 6) is 0.191. The number of nitrogens with zero attached hydrogens (tertiary/aromatic N) is 3. The minimum atomic E-state index is 0.191. The van der Waals surface area contributed by atoms with Crippen LogP contribution in [0.2, 0.25) is 0 Å². The zero-order valence-corrected chi connectivity index (χ0v) is 14.3. The molecule has 4 nitrogen and oxygen atoms in total. The van der Waals surface area contributed by atoms with E-state index in [4.69, 9.17) is 0 Å². The summed E-state index contributed by atoms with van der Waals surface area (Å²) in [7, 11) is 2.11. The highest BCUT2D eigenvalue weighted by Crippen LogP contribution is 2.15. The van der Waals surface area contributed by atoms with Crippen molar-refractivity contribution in [2.45, 2.75) is 32.2 Å². The predicted molar refractivity (Wildman–Crippen MR) is 93.6 cm³/mol. The van der Waals surface area contributed by atoms with E-state index in [1.165, 1.54) is 44.3 Å². The molecule has 0 atom stereocenters. The van der Waals surface area contributed by atoms with Gasteiger partial charge < -0.3 is 9.80 Å². The highest BCUT2D eigenvalue weighted by Gasteiger charge is 2.20. The van der Waals surface area contributed by atoms with Crippen LogP contribution in [0.25, 0.3) is 0 Å². The number of amides is 1. The molecule has 1 aromatic carbocycles. The Morgan fingerprint density at radius 2 is 1.65 bits per heavy atom. The van der Waals surface area contributed by atoms with Gasteiger partial charge in [-0.3, -0.25) is 9.69 Å². The Hall–Kier alpha value is -1.39. The maximum Gasteiger partial charge on any atom is 0.253 e. The molecule has 1 aromatic rings. The fraction of sp³-hybridized carbons (Fsp3) is 0.632. The molecular weight excluding hydrogens is 286 g/mol. The van der Waals surface area contributed by atoms with Gasteiger partial charge in [-0.2, -0.15) is 0 Å². The first-order valence-electron chi connectivity index (χ1n) is 9.01. The minimum absolute atomic E-state index is 0.191. The van der Waals surface area contributed by atoms with Crippen LogP contribution in [0.3, 0.4) is 0 Å². The summed E-state index contributed by atoms with van der Waals surface area (Å²) < 4.78 is 0. The minimum Gasteiger partial charge on any atom is -0.336 e. The maximum absolute atomic E-state index is 12.7. The summed E-state index contributed by atoms with van der Waals surface area (Å²) >= 11 is 0.